The maximum Gasteiger partial charge on any atom is 0.0931 e. The van der Waals surface area contributed by atoms with E-state index in [-0.39, 0.29) is 0 Å². The van der Waals surface area contributed by atoms with Gasteiger partial charge in [0.1, 0.15) is 0 Å². The molecule has 0 aromatic carbocycles. The number of halogens is 1. The lowest BCUT2D eigenvalue weighted by atomic mass is 10.4. The molecule has 0 spiro atoms. The van der Waals surface area contributed by atoms with Crippen LogP contribution >= 0.6 is 34.7 Å². The van der Waals surface area contributed by atoms with Gasteiger partial charge in [0.25, 0.3) is 0 Å². The monoisotopic (exact) mass is 265 g/mol. The minimum absolute atomic E-state index is 0.300. The molecule has 2 nitrogen and oxygen atoms in total. The fourth-order valence-electron chi connectivity index (χ4n) is 1.07. The molecule has 0 unspecified atom stereocenters. The number of aliphatic hydroxyl groups excluding tert-OH is 1. The molecule has 0 fully saturated rings. The molecule has 1 aromatic rings. The van der Waals surface area contributed by atoms with Gasteiger partial charge < -0.3 is 10.4 Å². The third-order valence-corrected chi connectivity index (χ3v) is 4.10. The first kappa shape index (κ1) is 13.3. The van der Waals surface area contributed by atoms with Crippen molar-refractivity contribution in [1.29, 1.82) is 0 Å². The van der Waals surface area contributed by atoms with E-state index in [1.807, 2.05) is 17.8 Å². The van der Waals surface area contributed by atoms with Gasteiger partial charge in [-0.15, -0.1) is 11.3 Å². The van der Waals surface area contributed by atoms with E-state index in [9.17, 15) is 0 Å². The normalized spacial score (nSPS) is 10.8. The molecule has 15 heavy (non-hydrogen) atoms. The quantitative estimate of drug-likeness (QED) is 0.709. The number of nitrogens with one attached hydrogen (secondary N) is 1. The van der Waals surface area contributed by atoms with Crippen LogP contribution in [0.5, 0.6) is 0 Å². The standard InChI is InChI=1S/C10H16ClNOS2/c11-10-3-2-9(15-10)8-12-4-7-14-6-1-5-13/h2-3,12-13H,1,4-8H2. The highest BCUT2D eigenvalue weighted by molar-refractivity contribution is 7.99. The summed E-state index contributed by atoms with van der Waals surface area (Å²) in [6, 6.07) is 3.98. The van der Waals surface area contributed by atoms with Crippen LogP contribution in [-0.2, 0) is 6.54 Å². The van der Waals surface area contributed by atoms with Gasteiger partial charge in [0, 0.05) is 30.3 Å². The van der Waals surface area contributed by atoms with E-state index in [0.29, 0.717) is 6.61 Å². The van der Waals surface area contributed by atoms with Gasteiger partial charge in [-0.25, -0.2) is 0 Å². The molecular weight excluding hydrogens is 250 g/mol. The van der Waals surface area contributed by atoms with Crippen LogP contribution in [0.4, 0.5) is 0 Å². The zero-order valence-electron chi connectivity index (χ0n) is 8.54. The Morgan fingerprint density at radius 2 is 2.27 bits per heavy atom. The second-order valence-corrected chi connectivity index (χ2v) is 6.10. The topological polar surface area (TPSA) is 32.3 Å². The molecule has 1 heterocycles. The Bertz CT molecular complexity index is 268. The molecule has 0 radical (unpaired) electrons. The molecule has 0 atom stereocenters. The van der Waals surface area contributed by atoms with E-state index in [2.05, 4.69) is 11.4 Å². The van der Waals surface area contributed by atoms with Crippen LogP contribution in [-0.4, -0.2) is 29.8 Å². The lowest BCUT2D eigenvalue weighted by Gasteiger charge is -2.02. The highest BCUT2D eigenvalue weighted by atomic mass is 35.5. The Hall–Kier alpha value is 0.260. The first-order valence-corrected chi connectivity index (χ1v) is 7.31. The third-order valence-electron chi connectivity index (χ3n) is 1.80. The molecule has 86 valence electrons. The Morgan fingerprint density at radius 1 is 1.40 bits per heavy atom. The molecule has 0 aliphatic carbocycles. The van der Waals surface area contributed by atoms with Crippen LogP contribution < -0.4 is 5.32 Å². The Balaban J connectivity index is 1.93. The first-order valence-electron chi connectivity index (χ1n) is 4.96. The number of thioether (sulfide) groups is 1. The molecule has 0 amide bonds. The Kier molecular flexibility index (Phi) is 7.48. The van der Waals surface area contributed by atoms with Crippen molar-refractivity contribution in [3.05, 3.63) is 21.3 Å². The van der Waals surface area contributed by atoms with Crippen LogP contribution in [0.15, 0.2) is 12.1 Å². The van der Waals surface area contributed by atoms with Gasteiger partial charge in [-0.1, -0.05) is 11.6 Å². The molecule has 2 N–H and O–H groups in total. The highest BCUT2D eigenvalue weighted by Gasteiger charge is 1.96. The molecule has 0 bridgehead atoms. The van der Waals surface area contributed by atoms with Crippen LogP contribution in [0.1, 0.15) is 11.3 Å². The second kappa shape index (κ2) is 8.42. The first-order chi connectivity index (χ1) is 7.33. The Morgan fingerprint density at radius 3 is 2.93 bits per heavy atom. The van der Waals surface area contributed by atoms with Gasteiger partial charge in [-0.05, 0) is 24.3 Å². The summed E-state index contributed by atoms with van der Waals surface area (Å²) in [7, 11) is 0. The van der Waals surface area contributed by atoms with Crippen molar-refractivity contribution in [2.24, 2.45) is 0 Å². The fourth-order valence-corrected chi connectivity index (χ4v) is 2.95. The number of thiophene rings is 1. The van der Waals surface area contributed by atoms with Gasteiger partial charge in [0.15, 0.2) is 0 Å². The molecular formula is C10H16ClNOS2. The molecule has 5 heteroatoms. The fraction of sp³-hybridized carbons (Fsp3) is 0.600. The van der Waals surface area contributed by atoms with Crippen molar-refractivity contribution in [3.8, 4) is 0 Å². The van der Waals surface area contributed by atoms with E-state index >= 15 is 0 Å². The molecule has 0 aliphatic heterocycles. The summed E-state index contributed by atoms with van der Waals surface area (Å²) in [5, 5.41) is 11.9. The third kappa shape index (κ3) is 6.43. The maximum atomic E-state index is 8.58. The zero-order chi connectivity index (χ0) is 10.9. The van der Waals surface area contributed by atoms with Gasteiger partial charge >= 0.3 is 0 Å². The summed E-state index contributed by atoms with van der Waals surface area (Å²) in [6.45, 7) is 2.21. The van der Waals surface area contributed by atoms with Crippen molar-refractivity contribution in [3.63, 3.8) is 0 Å². The van der Waals surface area contributed by atoms with Crippen molar-refractivity contribution < 1.29 is 5.11 Å². The van der Waals surface area contributed by atoms with Crippen molar-refractivity contribution in [1.82, 2.24) is 5.32 Å². The van der Waals surface area contributed by atoms with Crippen LogP contribution in [0.25, 0.3) is 0 Å². The van der Waals surface area contributed by atoms with E-state index in [1.54, 1.807) is 11.3 Å². The van der Waals surface area contributed by atoms with E-state index in [1.165, 1.54) is 4.88 Å². The summed E-state index contributed by atoms with van der Waals surface area (Å²) in [4.78, 5) is 1.28. The van der Waals surface area contributed by atoms with Gasteiger partial charge in [-0.3, -0.25) is 0 Å². The SMILES string of the molecule is OCCCSCCNCc1ccc(Cl)s1. The molecule has 0 aliphatic rings. The summed E-state index contributed by atoms with van der Waals surface area (Å²) < 4.78 is 0.851. The van der Waals surface area contributed by atoms with Crippen molar-refractivity contribution in [2.45, 2.75) is 13.0 Å². The van der Waals surface area contributed by atoms with E-state index in [4.69, 9.17) is 16.7 Å². The number of hydrogen-bond donors (Lipinski definition) is 2. The van der Waals surface area contributed by atoms with E-state index in [0.717, 1.165) is 35.4 Å². The van der Waals surface area contributed by atoms with Gasteiger partial charge in [-0.2, -0.15) is 11.8 Å². The maximum absolute atomic E-state index is 8.58. The van der Waals surface area contributed by atoms with E-state index < -0.39 is 0 Å². The Labute approximate surface area is 104 Å². The van der Waals surface area contributed by atoms with Gasteiger partial charge in [0.2, 0.25) is 0 Å². The predicted molar refractivity (Wildman–Crippen MR) is 70.1 cm³/mol. The van der Waals surface area contributed by atoms with Crippen molar-refractivity contribution in [2.75, 3.05) is 24.7 Å². The summed E-state index contributed by atoms with van der Waals surface area (Å²) in [5.74, 6) is 2.14. The molecule has 0 saturated heterocycles. The van der Waals surface area contributed by atoms with Crippen LogP contribution in [0.2, 0.25) is 4.34 Å². The summed E-state index contributed by atoms with van der Waals surface area (Å²) in [6.07, 6.45) is 0.894. The minimum Gasteiger partial charge on any atom is -0.396 e. The van der Waals surface area contributed by atoms with Crippen LogP contribution in [0, 0.1) is 0 Å². The lowest BCUT2D eigenvalue weighted by molar-refractivity contribution is 0.296. The average molecular weight is 266 g/mol. The van der Waals surface area contributed by atoms with Crippen molar-refractivity contribution >= 4 is 34.7 Å². The second-order valence-electron chi connectivity index (χ2n) is 3.07. The highest BCUT2D eigenvalue weighted by Crippen LogP contribution is 2.20. The van der Waals surface area contributed by atoms with Crippen LogP contribution in [0.3, 0.4) is 0 Å². The number of hydrogen-bond acceptors (Lipinski definition) is 4. The number of aliphatic hydroxyl groups is 1. The smallest absolute Gasteiger partial charge is 0.0931 e. The summed E-state index contributed by atoms with van der Waals surface area (Å²) >= 11 is 9.32. The largest absolute Gasteiger partial charge is 0.396 e. The number of rotatable bonds is 8. The molecule has 1 rings (SSSR count). The predicted octanol–water partition coefficient (Wildman–Crippen LogP) is 2.61. The average Bonchev–Trinajstić information content (AvgIpc) is 2.63. The minimum atomic E-state index is 0.300. The summed E-state index contributed by atoms with van der Waals surface area (Å²) in [5.41, 5.74) is 0. The zero-order valence-corrected chi connectivity index (χ0v) is 10.9. The molecule has 0 saturated carbocycles. The molecule has 1 aromatic heterocycles. The lowest BCUT2D eigenvalue weighted by Crippen LogP contribution is -2.15. The van der Waals surface area contributed by atoms with Gasteiger partial charge in [0.05, 0.1) is 4.34 Å².